The van der Waals surface area contributed by atoms with E-state index in [0.717, 1.165) is 16.9 Å². The van der Waals surface area contributed by atoms with E-state index in [2.05, 4.69) is 10.6 Å². The van der Waals surface area contributed by atoms with E-state index in [1.54, 1.807) is 0 Å². The van der Waals surface area contributed by atoms with Crippen molar-refractivity contribution in [3.8, 4) is 0 Å². The number of carbonyl (C=O) groups excluding carboxylic acids is 2. The molecule has 1 aromatic carbocycles. The molecule has 0 aromatic heterocycles. The van der Waals surface area contributed by atoms with E-state index >= 15 is 0 Å². The lowest BCUT2D eigenvalue weighted by Gasteiger charge is -2.07. The molecule has 4 N–H and O–H groups in total. The molecule has 104 valence electrons. The fourth-order valence-corrected chi connectivity index (χ4v) is 2.14. The molecular formula is C13H19N3O2S. The Bertz CT molecular complexity index is 463. The van der Waals surface area contributed by atoms with Crippen molar-refractivity contribution in [3.63, 3.8) is 0 Å². The molecule has 0 atom stereocenters. The average Bonchev–Trinajstić information content (AvgIpc) is 2.35. The second-order valence-electron chi connectivity index (χ2n) is 4.13. The van der Waals surface area contributed by atoms with Crippen molar-refractivity contribution >= 4 is 29.4 Å². The molecule has 19 heavy (non-hydrogen) atoms. The van der Waals surface area contributed by atoms with Gasteiger partial charge in [-0.2, -0.15) is 0 Å². The molecule has 3 amide bonds. The van der Waals surface area contributed by atoms with Crippen LogP contribution in [-0.2, 0) is 4.79 Å². The van der Waals surface area contributed by atoms with Crippen molar-refractivity contribution in [2.75, 3.05) is 18.0 Å². The Labute approximate surface area is 117 Å². The molecule has 5 nitrogen and oxygen atoms in total. The van der Waals surface area contributed by atoms with Gasteiger partial charge in [0.25, 0.3) is 0 Å². The number of hydrogen-bond acceptors (Lipinski definition) is 4. The molecule has 0 aliphatic heterocycles. The molecule has 0 fully saturated rings. The van der Waals surface area contributed by atoms with E-state index in [1.807, 2.05) is 32.0 Å². The molecule has 1 aromatic rings. The summed E-state index contributed by atoms with van der Waals surface area (Å²) in [4.78, 5) is 23.6. The highest BCUT2D eigenvalue weighted by atomic mass is 32.2. The number of rotatable bonds is 5. The van der Waals surface area contributed by atoms with Crippen LogP contribution in [0.3, 0.4) is 0 Å². The summed E-state index contributed by atoms with van der Waals surface area (Å²) in [7, 11) is 0. The smallest absolute Gasteiger partial charge is 0.321 e. The van der Waals surface area contributed by atoms with Crippen LogP contribution >= 0.6 is 11.8 Å². The van der Waals surface area contributed by atoms with E-state index < -0.39 is 6.03 Å². The van der Waals surface area contributed by atoms with Gasteiger partial charge in [0.1, 0.15) is 0 Å². The van der Waals surface area contributed by atoms with Gasteiger partial charge in [-0.15, -0.1) is 11.8 Å². The molecule has 0 heterocycles. The minimum absolute atomic E-state index is 0.160. The fraction of sp³-hybridized carbons (Fsp3) is 0.385. The van der Waals surface area contributed by atoms with Crippen LogP contribution < -0.4 is 16.4 Å². The topological polar surface area (TPSA) is 84.2 Å². The first-order valence-corrected chi connectivity index (χ1v) is 7.08. The Morgan fingerprint density at radius 1 is 1.37 bits per heavy atom. The normalized spacial score (nSPS) is 10.0. The fourth-order valence-electron chi connectivity index (χ4n) is 1.39. The van der Waals surface area contributed by atoms with E-state index in [4.69, 9.17) is 5.73 Å². The first-order chi connectivity index (χ1) is 9.02. The molecule has 0 aliphatic carbocycles. The summed E-state index contributed by atoms with van der Waals surface area (Å²) < 4.78 is 0. The largest absolute Gasteiger partial charge is 0.398 e. The van der Waals surface area contributed by atoms with Crippen LogP contribution in [0.25, 0.3) is 0 Å². The van der Waals surface area contributed by atoms with Gasteiger partial charge in [-0.1, -0.05) is 13.0 Å². The third kappa shape index (κ3) is 5.65. The molecule has 0 spiro atoms. The van der Waals surface area contributed by atoms with Crippen molar-refractivity contribution in [1.82, 2.24) is 10.6 Å². The number of nitrogens with two attached hydrogens (primary N) is 1. The van der Waals surface area contributed by atoms with Gasteiger partial charge < -0.3 is 11.1 Å². The number of carbonyl (C=O) groups is 2. The van der Waals surface area contributed by atoms with Gasteiger partial charge in [0.05, 0.1) is 5.75 Å². The van der Waals surface area contributed by atoms with Gasteiger partial charge in [-0.3, -0.25) is 10.1 Å². The summed E-state index contributed by atoms with van der Waals surface area (Å²) in [6.45, 7) is 4.45. The van der Waals surface area contributed by atoms with Crippen LogP contribution in [0, 0.1) is 6.92 Å². The molecule has 0 unspecified atom stereocenters. The number of nitrogens with one attached hydrogen (secondary N) is 2. The second kappa shape index (κ2) is 7.68. The maximum absolute atomic E-state index is 11.5. The Balaban J connectivity index is 2.39. The predicted octanol–water partition coefficient (Wildman–Crippen LogP) is 1.91. The average molecular weight is 281 g/mol. The SMILES string of the molecule is CCCNC(=O)NC(=O)CSc1ccc(C)cc1N. The van der Waals surface area contributed by atoms with Crippen LogP contribution in [0.5, 0.6) is 0 Å². The van der Waals surface area contributed by atoms with Crippen molar-refractivity contribution in [2.24, 2.45) is 0 Å². The summed E-state index contributed by atoms with van der Waals surface area (Å²) in [6, 6.07) is 5.21. The predicted molar refractivity (Wildman–Crippen MR) is 78.1 cm³/mol. The first kappa shape index (κ1) is 15.4. The van der Waals surface area contributed by atoms with Crippen molar-refractivity contribution in [3.05, 3.63) is 23.8 Å². The third-order valence-corrected chi connectivity index (χ3v) is 3.40. The van der Waals surface area contributed by atoms with Gasteiger partial charge in [0.2, 0.25) is 5.91 Å². The number of amides is 3. The minimum atomic E-state index is -0.454. The third-order valence-electron chi connectivity index (χ3n) is 2.31. The van der Waals surface area contributed by atoms with Gasteiger partial charge in [-0.05, 0) is 31.0 Å². The highest BCUT2D eigenvalue weighted by molar-refractivity contribution is 8.00. The van der Waals surface area contributed by atoms with Gasteiger partial charge in [0.15, 0.2) is 0 Å². The van der Waals surface area contributed by atoms with E-state index in [9.17, 15) is 9.59 Å². The summed E-state index contributed by atoms with van der Waals surface area (Å²) in [5.74, 6) is -0.175. The molecule has 0 saturated heterocycles. The van der Waals surface area contributed by atoms with Crippen LogP contribution in [0.15, 0.2) is 23.1 Å². The Morgan fingerprint density at radius 3 is 2.74 bits per heavy atom. The van der Waals surface area contributed by atoms with Crippen LogP contribution in [-0.4, -0.2) is 24.2 Å². The zero-order valence-corrected chi connectivity index (χ0v) is 12.0. The lowest BCUT2D eigenvalue weighted by Crippen LogP contribution is -2.40. The number of hydrogen-bond donors (Lipinski definition) is 3. The van der Waals surface area contributed by atoms with Crippen molar-refractivity contribution < 1.29 is 9.59 Å². The van der Waals surface area contributed by atoms with E-state index in [-0.39, 0.29) is 11.7 Å². The summed E-state index contributed by atoms with van der Waals surface area (Å²) in [5.41, 5.74) is 7.56. The molecule has 0 radical (unpaired) electrons. The quantitative estimate of drug-likeness (QED) is 0.568. The summed E-state index contributed by atoms with van der Waals surface area (Å²) >= 11 is 1.31. The monoisotopic (exact) mass is 281 g/mol. The Kier molecular flexibility index (Phi) is 6.21. The van der Waals surface area contributed by atoms with Gasteiger partial charge >= 0.3 is 6.03 Å². The second-order valence-corrected chi connectivity index (χ2v) is 5.15. The molecule has 0 saturated carbocycles. The number of thioether (sulfide) groups is 1. The maximum atomic E-state index is 11.5. The van der Waals surface area contributed by atoms with E-state index in [0.29, 0.717) is 12.2 Å². The Morgan fingerprint density at radius 2 is 2.11 bits per heavy atom. The number of imide groups is 1. The highest BCUT2D eigenvalue weighted by Crippen LogP contribution is 2.25. The lowest BCUT2D eigenvalue weighted by molar-refractivity contribution is -0.117. The standard InChI is InChI=1S/C13H19N3O2S/c1-3-6-15-13(18)16-12(17)8-19-11-5-4-9(2)7-10(11)14/h4-5,7H,3,6,8,14H2,1-2H3,(H2,15,16,17,18). The van der Waals surface area contributed by atoms with E-state index in [1.165, 1.54) is 11.8 Å². The molecule has 0 bridgehead atoms. The molecule has 1 rings (SSSR count). The molecule has 6 heteroatoms. The zero-order chi connectivity index (χ0) is 14.3. The van der Waals surface area contributed by atoms with Crippen molar-refractivity contribution in [2.45, 2.75) is 25.2 Å². The van der Waals surface area contributed by atoms with Crippen LogP contribution in [0.2, 0.25) is 0 Å². The number of nitrogen functional groups attached to an aromatic ring is 1. The summed E-state index contributed by atoms with van der Waals surface area (Å²) in [6.07, 6.45) is 0.830. The minimum Gasteiger partial charge on any atom is -0.398 e. The van der Waals surface area contributed by atoms with Gasteiger partial charge in [-0.25, -0.2) is 4.79 Å². The molecule has 0 aliphatic rings. The summed E-state index contributed by atoms with van der Waals surface area (Å²) in [5, 5.41) is 4.84. The number of urea groups is 1. The van der Waals surface area contributed by atoms with Crippen molar-refractivity contribution in [1.29, 1.82) is 0 Å². The Hall–Kier alpha value is -1.69. The zero-order valence-electron chi connectivity index (χ0n) is 11.2. The van der Waals surface area contributed by atoms with Gasteiger partial charge in [0, 0.05) is 17.1 Å². The maximum Gasteiger partial charge on any atom is 0.321 e. The molecular weight excluding hydrogens is 262 g/mol. The van der Waals surface area contributed by atoms with Crippen LogP contribution in [0.4, 0.5) is 10.5 Å². The highest BCUT2D eigenvalue weighted by Gasteiger charge is 2.08. The first-order valence-electron chi connectivity index (χ1n) is 6.09. The number of anilines is 1. The van der Waals surface area contributed by atoms with Crippen LogP contribution in [0.1, 0.15) is 18.9 Å². The lowest BCUT2D eigenvalue weighted by atomic mass is 10.2. The number of aryl methyl sites for hydroxylation is 1. The number of benzene rings is 1.